The Morgan fingerprint density at radius 2 is 2.10 bits per heavy atom. The number of hydrogen-bond acceptors (Lipinski definition) is 4. The monoisotopic (exact) mass is 279 g/mol. The number of amides is 1. The van der Waals surface area contributed by atoms with Gasteiger partial charge in [0.25, 0.3) is 0 Å². The fraction of sp³-hybridized carbons (Fsp3) is 0.533. The van der Waals surface area contributed by atoms with Gasteiger partial charge in [0.2, 0.25) is 5.91 Å². The maximum atomic E-state index is 12.1. The van der Waals surface area contributed by atoms with E-state index < -0.39 is 0 Å². The van der Waals surface area contributed by atoms with Crippen LogP contribution in [0.3, 0.4) is 0 Å². The Hall–Kier alpha value is -1.59. The van der Waals surface area contributed by atoms with Gasteiger partial charge in [0.05, 0.1) is 19.3 Å². The van der Waals surface area contributed by atoms with Crippen LogP contribution in [-0.4, -0.2) is 43.6 Å². The molecule has 1 rings (SSSR count). The Morgan fingerprint density at radius 3 is 2.65 bits per heavy atom. The van der Waals surface area contributed by atoms with Crippen molar-refractivity contribution in [3.05, 3.63) is 24.3 Å². The van der Waals surface area contributed by atoms with Crippen LogP contribution >= 0.6 is 0 Å². The van der Waals surface area contributed by atoms with Crippen LogP contribution in [0, 0.1) is 0 Å². The molecule has 20 heavy (non-hydrogen) atoms. The van der Waals surface area contributed by atoms with Crippen LogP contribution in [-0.2, 0) is 4.79 Å². The predicted octanol–water partition coefficient (Wildman–Crippen LogP) is 1.69. The van der Waals surface area contributed by atoms with Gasteiger partial charge >= 0.3 is 0 Å². The summed E-state index contributed by atoms with van der Waals surface area (Å²) in [5.41, 5.74) is 6.31. The van der Waals surface area contributed by atoms with Crippen LogP contribution in [0.1, 0.15) is 20.3 Å². The molecular formula is C15H25N3O2. The van der Waals surface area contributed by atoms with E-state index in [0.717, 1.165) is 6.42 Å². The molecule has 0 saturated carbocycles. The maximum absolute atomic E-state index is 12.1. The first kappa shape index (κ1) is 16.5. The van der Waals surface area contributed by atoms with Crippen molar-refractivity contribution in [1.29, 1.82) is 0 Å². The summed E-state index contributed by atoms with van der Waals surface area (Å²) in [6, 6.07) is 7.36. The summed E-state index contributed by atoms with van der Waals surface area (Å²) in [5, 5.41) is 2.87. The van der Waals surface area contributed by atoms with Crippen LogP contribution in [0.2, 0.25) is 0 Å². The maximum Gasteiger partial charge on any atom is 0.238 e. The third-order valence-corrected chi connectivity index (χ3v) is 3.88. The van der Waals surface area contributed by atoms with E-state index in [-0.39, 0.29) is 11.4 Å². The zero-order valence-corrected chi connectivity index (χ0v) is 12.8. The molecule has 0 aromatic heterocycles. The summed E-state index contributed by atoms with van der Waals surface area (Å²) >= 11 is 0. The van der Waals surface area contributed by atoms with Crippen LogP contribution in [0.5, 0.6) is 5.75 Å². The Morgan fingerprint density at radius 1 is 1.45 bits per heavy atom. The van der Waals surface area contributed by atoms with Crippen LogP contribution in [0.15, 0.2) is 24.3 Å². The topological polar surface area (TPSA) is 67.6 Å². The average molecular weight is 279 g/mol. The third-order valence-electron chi connectivity index (χ3n) is 3.88. The third kappa shape index (κ3) is 3.95. The number of carbonyl (C=O) groups excluding carboxylic acids is 1. The lowest BCUT2D eigenvalue weighted by Crippen LogP contribution is -2.51. The number of nitrogens with one attached hydrogen (secondary N) is 1. The molecule has 0 spiro atoms. The number of likely N-dealkylation sites (N-methyl/N-ethyl adjacent to an activating group) is 1. The number of hydrogen-bond donors (Lipinski definition) is 2. The molecule has 112 valence electrons. The van der Waals surface area contributed by atoms with E-state index in [0.29, 0.717) is 24.5 Å². The second-order valence-corrected chi connectivity index (χ2v) is 5.16. The fourth-order valence-corrected chi connectivity index (χ4v) is 1.91. The smallest absolute Gasteiger partial charge is 0.238 e. The lowest BCUT2D eigenvalue weighted by atomic mass is 9.97. The summed E-state index contributed by atoms with van der Waals surface area (Å²) in [6.45, 7) is 4.94. The molecule has 0 radical (unpaired) electrons. The SMILES string of the molecule is CCC(C)(CN)N(C)CC(=O)Nc1ccccc1OC. The Bertz CT molecular complexity index is 444. The normalized spacial score (nSPS) is 13.9. The van der Waals surface area contributed by atoms with E-state index in [4.69, 9.17) is 10.5 Å². The van der Waals surface area contributed by atoms with Gasteiger partial charge in [0, 0.05) is 12.1 Å². The number of anilines is 1. The Balaban J connectivity index is 2.68. The molecule has 1 aromatic carbocycles. The molecule has 3 N–H and O–H groups in total. The standard InChI is InChI=1S/C15H25N3O2/c1-5-15(2,11-16)18(3)10-14(19)17-12-8-6-7-9-13(12)20-4/h6-9H,5,10-11,16H2,1-4H3,(H,17,19). The first-order chi connectivity index (χ1) is 9.46. The lowest BCUT2D eigenvalue weighted by Gasteiger charge is -2.36. The second-order valence-electron chi connectivity index (χ2n) is 5.16. The molecule has 0 saturated heterocycles. The molecule has 0 aliphatic rings. The molecule has 1 amide bonds. The highest BCUT2D eigenvalue weighted by atomic mass is 16.5. The minimum Gasteiger partial charge on any atom is -0.495 e. The van der Waals surface area contributed by atoms with E-state index in [1.807, 2.05) is 36.2 Å². The molecule has 5 nitrogen and oxygen atoms in total. The van der Waals surface area contributed by atoms with Crippen molar-refractivity contribution >= 4 is 11.6 Å². The molecule has 0 fully saturated rings. The van der Waals surface area contributed by atoms with Crippen LogP contribution in [0.25, 0.3) is 0 Å². The van der Waals surface area contributed by atoms with Crippen molar-refractivity contribution < 1.29 is 9.53 Å². The van der Waals surface area contributed by atoms with Crippen LogP contribution in [0.4, 0.5) is 5.69 Å². The minimum absolute atomic E-state index is 0.0786. The number of nitrogens with two attached hydrogens (primary N) is 1. The molecule has 0 aliphatic carbocycles. The minimum atomic E-state index is -0.169. The number of benzene rings is 1. The zero-order chi connectivity index (χ0) is 15.2. The van der Waals surface area contributed by atoms with Gasteiger partial charge in [-0.25, -0.2) is 0 Å². The Kier molecular flexibility index (Phi) is 5.98. The highest BCUT2D eigenvalue weighted by Gasteiger charge is 2.27. The number of para-hydroxylation sites is 2. The lowest BCUT2D eigenvalue weighted by molar-refractivity contribution is -0.118. The van der Waals surface area contributed by atoms with Gasteiger partial charge in [-0.15, -0.1) is 0 Å². The highest BCUT2D eigenvalue weighted by molar-refractivity contribution is 5.93. The van der Waals surface area contributed by atoms with Crippen LogP contribution < -0.4 is 15.8 Å². The first-order valence-electron chi connectivity index (χ1n) is 6.81. The molecule has 1 unspecified atom stereocenters. The van der Waals surface area contributed by atoms with E-state index >= 15 is 0 Å². The predicted molar refractivity (Wildman–Crippen MR) is 82.0 cm³/mol. The van der Waals surface area contributed by atoms with Crippen molar-refractivity contribution in [2.75, 3.05) is 32.6 Å². The quantitative estimate of drug-likeness (QED) is 0.797. The highest BCUT2D eigenvalue weighted by Crippen LogP contribution is 2.23. The van der Waals surface area contributed by atoms with E-state index in [9.17, 15) is 4.79 Å². The Labute approximate surface area is 121 Å². The fourth-order valence-electron chi connectivity index (χ4n) is 1.91. The number of rotatable bonds is 7. The van der Waals surface area contributed by atoms with Crippen molar-refractivity contribution in [3.63, 3.8) is 0 Å². The van der Waals surface area contributed by atoms with Gasteiger partial charge in [-0.1, -0.05) is 19.1 Å². The largest absolute Gasteiger partial charge is 0.495 e. The summed E-state index contributed by atoms with van der Waals surface area (Å²) in [4.78, 5) is 14.1. The number of nitrogens with zero attached hydrogens (tertiary/aromatic N) is 1. The number of methoxy groups -OCH3 is 1. The molecule has 5 heteroatoms. The molecule has 0 bridgehead atoms. The number of ether oxygens (including phenoxy) is 1. The summed E-state index contributed by atoms with van der Waals surface area (Å²) in [5.74, 6) is 0.575. The van der Waals surface area contributed by atoms with Gasteiger partial charge in [-0.05, 0) is 32.5 Å². The number of carbonyl (C=O) groups is 1. The van der Waals surface area contributed by atoms with Gasteiger partial charge in [-0.2, -0.15) is 0 Å². The van der Waals surface area contributed by atoms with Gasteiger partial charge in [0.1, 0.15) is 5.75 Å². The molecule has 1 aromatic rings. The molecular weight excluding hydrogens is 254 g/mol. The summed E-state index contributed by atoms with van der Waals surface area (Å²) < 4.78 is 5.21. The van der Waals surface area contributed by atoms with Crippen molar-refractivity contribution in [2.45, 2.75) is 25.8 Å². The molecule has 1 atom stereocenters. The molecule has 0 aliphatic heterocycles. The van der Waals surface area contributed by atoms with Crippen molar-refractivity contribution in [2.24, 2.45) is 5.73 Å². The second kappa shape index (κ2) is 7.26. The van der Waals surface area contributed by atoms with E-state index in [1.165, 1.54) is 0 Å². The van der Waals surface area contributed by atoms with E-state index in [1.54, 1.807) is 7.11 Å². The summed E-state index contributed by atoms with van der Waals surface area (Å²) in [6.07, 6.45) is 0.891. The van der Waals surface area contributed by atoms with E-state index in [2.05, 4.69) is 19.2 Å². The first-order valence-corrected chi connectivity index (χ1v) is 6.81. The average Bonchev–Trinajstić information content (AvgIpc) is 2.46. The summed E-state index contributed by atoms with van der Waals surface area (Å²) in [7, 11) is 3.50. The van der Waals surface area contributed by atoms with Crippen molar-refractivity contribution in [3.8, 4) is 5.75 Å². The van der Waals surface area contributed by atoms with Crippen molar-refractivity contribution in [1.82, 2.24) is 4.90 Å². The zero-order valence-electron chi connectivity index (χ0n) is 12.8. The van der Waals surface area contributed by atoms with Gasteiger partial charge in [-0.3, -0.25) is 9.69 Å². The van der Waals surface area contributed by atoms with Gasteiger partial charge < -0.3 is 15.8 Å². The van der Waals surface area contributed by atoms with Gasteiger partial charge in [0.15, 0.2) is 0 Å². The molecule has 0 heterocycles.